The van der Waals surface area contributed by atoms with Crippen LogP contribution in [-0.4, -0.2) is 59.9 Å². The minimum atomic E-state index is -0.00914. The molecule has 2 aliphatic heterocycles. The molecule has 0 bridgehead atoms. The molecule has 152 valence electrons. The number of aryl methyl sites for hydroxylation is 1. The van der Waals surface area contributed by atoms with Crippen LogP contribution in [-0.2, 0) is 19.0 Å². The molecule has 0 radical (unpaired) electrons. The molecule has 1 N–H and O–H groups in total. The summed E-state index contributed by atoms with van der Waals surface area (Å²) in [6, 6.07) is 17.0. The van der Waals surface area contributed by atoms with Crippen LogP contribution in [0.2, 0.25) is 0 Å². The molecule has 0 amide bonds. The van der Waals surface area contributed by atoms with Crippen LogP contribution in [0, 0.1) is 0 Å². The molecular formula is C24H29N3O2. The van der Waals surface area contributed by atoms with Crippen LogP contribution in [0.3, 0.4) is 0 Å². The zero-order chi connectivity index (χ0) is 20.2. The Hall–Kier alpha value is -2.34. The fraction of sp³-hybridized carbons (Fsp3) is 0.417. The quantitative estimate of drug-likeness (QED) is 0.743. The number of likely N-dealkylation sites (N-methyl/N-ethyl adjacent to an activating group) is 1. The highest BCUT2D eigenvalue weighted by atomic mass is 16.5. The Balaban J connectivity index is 1.68. The molecule has 0 unspecified atom stereocenters. The summed E-state index contributed by atoms with van der Waals surface area (Å²) in [5, 5.41) is 11.8. The summed E-state index contributed by atoms with van der Waals surface area (Å²) in [7, 11) is 6.04. The van der Waals surface area contributed by atoms with Crippen molar-refractivity contribution in [1.29, 1.82) is 0 Å². The average Bonchev–Trinajstić information content (AvgIpc) is 3.01. The van der Waals surface area contributed by atoms with Gasteiger partial charge in [-0.2, -0.15) is 0 Å². The van der Waals surface area contributed by atoms with E-state index in [-0.39, 0.29) is 18.1 Å². The third kappa shape index (κ3) is 2.80. The second kappa shape index (κ2) is 6.87. The Bertz CT molecular complexity index is 1040. The minimum absolute atomic E-state index is 0.00914. The maximum absolute atomic E-state index is 10.5. The summed E-state index contributed by atoms with van der Waals surface area (Å²) < 4.78 is 7.77. The van der Waals surface area contributed by atoms with Crippen LogP contribution < -0.4 is 4.74 Å². The summed E-state index contributed by atoms with van der Waals surface area (Å²) in [4.78, 5) is 4.87. The van der Waals surface area contributed by atoms with Crippen molar-refractivity contribution in [2.45, 2.75) is 18.0 Å². The average molecular weight is 392 g/mol. The van der Waals surface area contributed by atoms with Crippen LogP contribution >= 0.6 is 0 Å². The second-order valence-electron chi connectivity index (χ2n) is 8.74. The Morgan fingerprint density at radius 2 is 1.83 bits per heavy atom. The molecule has 3 heterocycles. The molecule has 0 saturated carbocycles. The third-order valence-electron chi connectivity index (χ3n) is 6.79. The van der Waals surface area contributed by atoms with Crippen molar-refractivity contribution in [2.75, 3.05) is 40.4 Å². The van der Waals surface area contributed by atoms with E-state index in [2.05, 4.69) is 77.0 Å². The van der Waals surface area contributed by atoms with Crippen LogP contribution in [0.4, 0.5) is 0 Å². The van der Waals surface area contributed by atoms with E-state index in [1.54, 1.807) is 7.11 Å². The van der Waals surface area contributed by atoms with Crippen LogP contribution in [0.25, 0.3) is 10.9 Å². The van der Waals surface area contributed by atoms with Crippen LogP contribution in [0.15, 0.2) is 48.5 Å². The van der Waals surface area contributed by atoms with Gasteiger partial charge in [-0.05, 0) is 30.3 Å². The van der Waals surface area contributed by atoms with Gasteiger partial charge in [0.1, 0.15) is 5.75 Å². The highest BCUT2D eigenvalue weighted by Gasteiger charge is 2.52. The molecule has 1 aromatic heterocycles. The predicted octanol–water partition coefficient (Wildman–Crippen LogP) is 2.92. The molecule has 0 aliphatic carbocycles. The van der Waals surface area contributed by atoms with Gasteiger partial charge in [-0.1, -0.05) is 30.3 Å². The van der Waals surface area contributed by atoms with E-state index in [1.165, 1.54) is 27.7 Å². The SMILES string of the molecule is COc1ccc2c3c(n(C)c2c1)[C@@H](CO)N(Cc1ccccc1)CC31CN(C)C1. The largest absolute Gasteiger partial charge is 0.497 e. The first kappa shape index (κ1) is 18.7. The molecule has 1 saturated heterocycles. The standard InChI is InChI=1S/C24H29N3O2/c1-25-14-24(15-25)16-27(12-17-7-5-4-6-8-17)21(13-28)23-22(24)19-10-9-18(29-3)11-20(19)26(23)2/h4-11,21,28H,12-16H2,1-3H3/t21-/m1/s1. The Morgan fingerprint density at radius 3 is 2.48 bits per heavy atom. The van der Waals surface area contributed by atoms with E-state index < -0.39 is 0 Å². The summed E-state index contributed by atoms with van der Waals surface area (Å²) >= 11 is 0. The van der Waals surface area contributed by atoms with Crippen molar-refractivity contribution in [3.63, 3.8) is 0 Å². The maximum atomic E-state index is 10.5. The number of fused-ring (bicyclic) bond motifs is 4. The van der Waals surface area contributed by atoms with Gasteiger partial charge in [0.05, 0.1) is 25.3 Å². The van der Waals surface area contributed by atoms with Gasteiger partial charge in [0, 0.05) is 55.8 Å². The highest BCUT2D eigenvalue weighted by Crippen LogP contribution is 2.49. The van der Waals surface area contributed by atoms with Crippen molar-refractivity contribution in [2.24, 2.45) is 7.05 Å². The van der Waals surface area contributed by atoms with Gasteiger partial charge in [-0.15, -0.1) is 0 Å². The molecule has 1 spiro atoms. The fourth-order valence-electron chi connectivity index (χ4n) is 5.69. The van der Waals surface area contributed by atoms with Gasteiger partial charge < -0.3 is 19.3 Å². The lowest BCUT2D eigenvalue weighted by Crippen LogP contribution is -2.65. The smallest absolute Gasteiger partial charge is 0.120 e. The number of aliphatic hydroxyl groups is 1. The second-order valence-corrected chi connectivity index (χ2v) is 8.74. The first-order valence-electron chi connectivity index (χ1n) is 10.3. The number of aliphatic hydroxyl groups excluding tert-OH is 1. The van der Waals surface area contributed by atoms with E-state index in [9.17, 15) is 5.11 Å². The van der Waals surface area contributed by atoms with Gasteiger partial charge in [-0.25, -0.2) is 0 Å². The van der Waals surface area contributed by atoms with E-state index in [0.29, 0.717) is 0 Å². The maximum Gasteiger partial charge on any atom is 0.120 e. The van der Waals surface area contributed by atoms with Gasteiger partial charge in [0.15, 0.2) is 0 Å². The Morgan fingerprint density at radius 1 is 1.07 bits per heavy atom. The van der Waals surface area contributed by atoms with Gasteiger partial charge >= 0.3 is 0 Å². The number of aromatic nitrogens is 1. The van der Waals surface area contributed by atoms with Crippen molar-refractivity contribution >= 4 is 10.9 Å². The number of benzene rings is 2. The topological polar surface area (TPSA) is 40.9 Å². The summed E-state index contributed by atoms with van der Waals surface area (Å²) in [5.74, 6) is 0.872. The number of likely N-dealkylation sites (tertiary alicyclic amines) is 1. The zero-order valence-electron chi connectivity index (χ0n) is 17.4. The van der Waals surface area contributed by atoms with Crippen molar-refractivity contribution in [1.82, 2.24) is 14.4 Å². The Labute approximate surface area is 172 Å². The summed E-state index contributed by atoms with van der Waals surface area (Å²) in [5.41, 5.74) is 5.27. The lowest BCUT2D eigenvalue weighted by Gasteiger charge is -2.55. The monoisotopic (exact) mass is 391 g/mol. The molecule has 1 fully saturated rings. The lowest BCUT2D eigenvalue weighted by molar-refractivity contribution is 0.00292. The van der Waals surface area contributed by atoms with E-state index in [1.807, 2.05) is 0 Å². The van der Waals surface area contributed by atoms with Crippen molar-refractivity contribution in [3.05, 3.63) is 65.4 Å². The minimum Gasteiger partial charge on any atom is -0.497 e. The third-order valence-corrected chi connectivity index (χ3v) is 6.79. The van der Waals surface area contributed by atoms with Gasteiger partial charge in [0.25, 0.3) is 0 Å². The van der Waals surface area contributed by atoms with Crippen molar-refractivity contribution < 1.29 is 9.84 Å². The normalized spacial score (nSPS) is 21.3. The number of hydrogen-bond acceptors (Lipinski definition) is 4. The molecule has 29 heavy (non-hydrogen) atoms. The van der Waals surface area contributed by atoms with Gasteiger partial charge in [0.2, 0.25) is 0 Å². The first-order valence-corrected chi connectivity index (χ1v) is 10.3. The number of methoxy groups -OCH3 is 1. The predicted molar refractivity (Wildman–Crippen MR) is 115 cm³/mol. The molecule has 3 aromatic rings. The summed E-state index contributed by atoms with van der Waals surface area (Å²) in [6.45, 7) is 4.04. The molecule has 2 aromatic carbocycles. The van der Waals surface area contributed by atoms with E-state index in [0.717, 1.165) is 31.9 Å². The Kier molecular flexibility index (Phi) is 4.42. The molecular weight excluding hydrogens is 362 g/mol. The lowest BCUT2D eigenvalue weighted by atomic mass is 9.69. The number of nitrogens with zero attached hydrogens (tertiary/aromatic N) is 3. The van der Waals surface area contributed by atoms with E-state index >= 15 is 0 Å². The number of hydrogen-bond donors (Lipinski definition) is 1. The highest BCUT2D eigenvalue weighted by molar-refractivity contribution is 5.89. The molecule has 5 heteroatoms. The zero-order valence-corrected chi connectivity index (χ0v) is 17.4. The number of rotatable bonds is 4. The molecule has 2 aliphatic rings. The fourth-order valence-corrected chi connectivity index (χ4v) is 5.69. The van der Waals surface area contributed by atoms with Crippen LogP contribution in [0.5, 0.6) is 5.75 Å². The summed E-state index contributed by atoms with van der Waals surface area (Å²) in [6.07, 6.45) is 0. The van der Waals surface area contributed by atoms with Crippen molar-refractivity contribution in [3.8, 4) is 5.75 Å². The van der Waals surface area contributed by atoms with Gasteiger partial charge in [-0.3, -0.25) is 4.90 Å². The molecule has 1 atom stereocenters. The van der Waals surface area contributed by atoms with E-state index in [4.69, 9.17) is 4.74 Å². The molecule has 5 nitrogen and oxygen atoms in total. The first-order chi connectivity index (χ1) is 14.1. The molecule has 5 rings (SSSR count). The van der Waals surface area contributed by atoms with Crippen LogP contribution in [0.1, 0.15) is 22.9 Å². The number of ether oxygens (including phenoxy) is 1.